The number of rotatable bonds is 7. The quantitative estimate of drug-likeness (QED) is 0.532. The Labute approximate surface area is 205 Å². The molecule has 1 aliphatic carbocycles. The molecule has 2 aliphatic rings. The first-order chi connectivity index (χ1) is 15.9. The van der Waals surface area contributed by atoms with Gasteiger partial charge in [0, 0.05) is 35.6 Å². The molecule has 1 saturated carbocycles. The molecule has 2 aromatic carbocycles. The van der Waals surface area contributed by atoms with E-state index in [1.807, 2.05) is 12.1 Å². The highest BCUT2D eigenvalue weighted by Gasteiger charge is 2.38. The van der Waals surface area contributed by atoms with Crippen LogP contribution in [0.3, 0.4) is 0 Å². The number of nitrogens with zero attached hydrogens (tertiary/aromatic N) is 1. The number of aliphatic hydroxyl groups excluding tert-OH is 1. The predicted octanol–water partition coefficient (Wildman–Crippen LogP) is 4.48. The third-order valence-electron chi connectivity index (χ3n) is 6.44. The predicted molar refractivity (Wildman–Crippen MR) is 132 cm³/mol. The number of carbonyl (C=O) groups is 1. The first kappa shape index (κ1) is 24.3. The Kier molecular flexibility index (Phi) is 8.15. The standard InChI is InChI=1S/C25H31Cl2N3O3/c1-16(31)28-22-14-19(27)6-8-23(22)33-24-9-7-21(25(24)32)29-20-10-12-30(13-11-20)15-17-2-4-18(26)5-3-17/h2-6,8,14,20-21,24-25,29,32H,7,9-13,15H2,1H3,(H,28,31)/t21-,24-,25-/m0/s1. The van der Waals surface area contributed by atoms with Crippen LogP contribution in [0.25, 0.3) is 0 Å². The zero-order valence-electron chi connectivity index (χ0n) is 18.8. The number of aliphatic hydroxyl groups is 1. The van der Waals surface area contributed by atoms with Crippen molar-refractivity contribution in [1.82, 2.24) is 10.2 Å². The van der Waals surface area contributed by atoms with E-state index >= 15 is 0 Å². The van der Waals surface area contributed by atoms with E-state index < -0.39 is 6.10 Å². The number of hydrogen-bond donors (Lipinski definition) is 3. The maximum Gasteiger partial charge on any atom is 0.221 e. The van der Waals surface area contributed by atoms with E-state index in [-0.39, 0.29) is 18.1 Å². The van der Waals surface area contributed by atoms with E-state index in [9.17, 15) is 9.90 Å². The molecule has 33 heavy (non-hydrogen) atoms. The molecule has 3 atom stereocenters. The maximum atomic E-state index is 11.5. The van der Waals surface area contributed by atoms with Gasteiger partial charge in [0.05, 0.1) is 5.69 Å². The van der Waals surface area contributed by atoms with Gasteiger partial charge in [0.15, 0.2) is 0 Å². The second-order valence-corrected chi connectivity index (χ2v) is 9.87. The van der Waals surface area contributed by atoms with E-state index in [0.29, 0.717) is 22.5 Å². The molecule has 2 fully saturated rings. The summed E-state index contributed by atoms with van der Waals surface area (Å²) >= 11 is 12.0. The number of benzene rings is 2. The monoisotopic (exact) mass is 491 g/mol. The van der Waals surface area contributed by atoms with Crippen LogP contribution in [0, 0.1) is 0 Å². The highest BCUT2D eigenvalue weighted by molar-refractivity contribution is 6.31. The molecule has 1 saturated heterocycles. The van der Waals surface area contributed by atoms with Crippen LogP contribution in [0.4, 0.5) is 5.69 Å². The Balaban J connectivity index is 1.27. The number of nitrogens with one attached hydrogen (secondary N) is 2. The molecular formula is C25H31Cl2N3O3. The minimum absolute atomic E-state index is 0.000619. The van der Waals surface area contributed by atoms with Crippen LogP contribution < -0.4 is 15.4 Å². The fourth-order valence-electron chi connectivity index (χ4n) is 4.72. The Morgan fingerprint density at radius 1 is 1.06 bits per heavy atom. The lowest BCUT2D eigenvalue weighted by Crippen LogP contribution is -2.50. The van der Waals surface area contributed by atoms with Gasteiger partial charge in [0.25, 0.3) is 0 Å². The van der Waals surface area contributed by atoms with E-state index in [1.54, 1.807) is 18.2 Å². The van der Waals surface area contributed by atoms with Crippen molar-refractivity contribution in [2.75, 3.05) is 18.4 Å². The van der Waals surface area contributed by atoms with Crippen LogP contribution in [0.1, 0.15) is 38.2 Å². The fourth-order valence-corrected chi connectivity index (χ4v) is 5.02. The number of ether oxygens (including phenoxy) is 1. The number of amides is 1. The summed E-state index contributed by atoms with van der Waals surface area (Å²) in [5.74, 6) is 0.325. The number of piperidine rings is 1. The van der Waals surface area contributed by atoms with Crippen LogP contribution in [-0.2, 0) is 11.3 Å². The maximum absolute atomic E-state index is 11.5. The van der Waals surface area contributed by atoms with Gasteiger partial charge in [-0.25, -0.2) is 0 Å². The van der Waals surface area contributed by atoms with Crippen molar-refractivity contribution in [1.29, 1.82) is 0 Å². The van der Waals surface area contributed by atoms with Crippen LogP contribution in [0.5, 0.6) is 5.75 Å². The van der Waals surface area contributed by atoms with Gasteiger partial charge in [-0.05, 0) is 74.7 Å². The SMILES string of the molecule is CC(=O)Nc1cc(Cl)ccc1O[C@H]1CC[C@H](NC2CCN(Cc3ccc(Cl)cc3)CC2)[C@@H]1O. The molecule has 0 bridgehead atoms. The Morgan fingerprint density at radius 2 is 1.76 bits per heavy atom. The normalized spacial score (nSPS) is 24.1. The summed E-state index contributed by atoms with van der Waals surface area (Å²) in [6, 6.07) is 13.5. The molecular weight excluding hydrogens is 461 g/mol. The summed E-state index contributed by atoms with van der Waals surface area (Å²) in [6.07, 6.45) is 2.74. The van der Waals surface area contributed by atoms with E-state index in [0.717, 1.165) is 50.3 Å². The minimum Gasteiger partial charge on any atom is -0.485 e. The van der Waals surface area contributed by atoms with Crippen LogP contribution >= 0.6 is 23.2 Å². The molecule has 8 heteroatoms. The van der Waals surface area contributed by atoms with Crippen LogP contribution in [0.2, 0.25) is 10.0 Å². The summed E-state index contributed by atoms with van der Waals surface area (Å²) < 4.78 is 6.10. The van der Waals surface area contributed by atoms with E-state index in [2.05, 4.69) is 27.7 Å². The van der Waals surface area contributed by atoms with E-state index in [4.69, 9.17) is 27.9 Å². The lowest BCUT2D eigenvalue weighted by atomic mass is 10.0. The average Bonchev–Trinajstić information content (AvgIpc) is 3.12. The second-order valence-electron chi connectivity index (χ2n) is 9.00. The summed E-state index contributed by atoms with van der Waals surface area (Å²) in [5, 5.41) is 18.6. The number of hydrogen-bond acceptors (Lipinski definition) is 5. The first-order valence-electron chi connectivity index (χ1n) is 11.5. The van der Waals surface area contributed by atoms with Crippen molar-refractivity contribution >= 4 is 34.8 Å². The third kappa shape index (κ3) is 6.61. The number of carbonyl (C=O) groups excluding carboxylic acids is 1. The molecule has 0 spiro atoms. The smallest absolute Gasteiger partial charge is 0.221 e. The van der Waals surface area contributed by atoms with Gasteiger partial charge >= 0.3 is 0 Å². The van der Waals surface area contributed by atoms with Crippen molar-refractivity contribution in [3.05, 3.63) is 58.1 Å². The Morgan fingerprint density at radius 3 is 2.45 bits per heavy atom. The van der Waals surface area contributed by atoms with Crippen LogP contribution in [0.15, 0.2) is 42.5 Å². The molecule has 0 unspecified atom stereocenters. The third-order valence-corrected chi connectivity index (χ3v) is 6.93. The number of anilines is 1. The molecule has 2 aromatic rings. The van der Waals surface area contributed by atoms with E-state index in [1.165, 1.54) is 12.5 Å². The average molecular weight is 492 g/mol. The highest BCUT2D eigenvalue weighted by Crippen LogP contribution is 2.33. The van der Waals surface area contributed by atoms with Crippen LogP contribution in [-0.4, -0.2) is 53.3 Å². The van der Waals surface area contributed by atoms with Crippen molar-refractivity contribution in [3.63, 3.8) is 0 Å². The minimum atomic E-state index is -0.613. The zero-order valence-corrected chi connectivity index (χ0v) is 20.3. The summed E-state index contributed by atoms with van der Waals surface area (Å²) in [5.41, 5.74) is 1.80. The summed E-state index contributed by atoms with van der Waals surface area (Å²) in [6.45, 7) is 4.42. The molecule has 178 valence electrons. The summed E-state index contributed by atoms with van der Waals surface area (Å²) in [4.78, 5) is 14.0. The molecule has 3 N–H and O–H groups in total. The highest BCUT2D eigenvalue weighted by atomic mass is 35.5. The molecule has 6 nitrogen and oxygen atoms in total. The van der Waals surface area contributed by atoms with Gasteiger partial charge in [0.1, 0.15) is 18.0 Å². The second kappa shape index (κ2) is 11.1. The van der Waals surface area contributed by atoms with Gasteiger partial charge in [-0.2, -0.15) is 0 Å². The topological polar surface area (TPSA) is 73.8 Å². The fraction of sp³-hybridized carbons (Fsp3) is 0.480. The number of halogens is 2. The van der Waals surface area contributed by atoms with Crippen molar-refractivity contribution in [2.45, 2.75) is 63.4 Å². The number of likely N-dealkylation sites (tertiary alicyclic amines) is 1. The molecule has 0 aromatic heterocycles. The molecule has 1 amide bonds. The van der Waals surface area contributed by atoms with Gasteiger partial charge in [-0.1, -0.05) is 35.3 Å². The van der Waals surface area contributed by atoms with Gasteiger partial charge in [0.2, 0.25) is 5.91 Å². The van der Waals surface area contributed by atoms with Crippen molar-refractivity contribution in [3.8, 4) is 5.75 Å². The van der Waals surface area contributed by atoms with Gasteiger partial charge in [-0.15, -0.1) is 0 Å². The van der Waals surface area contributed by atoms with Crippen molar-refractivity contribution < 1.29 is 14.6 Å². The lowest BCUT2D eigenvalue weighted by molar-refractivity contribution is -0.114. The zero-order chi connectivity index (χ0) is 23.4. The lowest BCUT2D eigenvalue weighted by Gasteiger charge is -2.34. The van der Waals surface area contributed by atoms with Gasteiger partial charge in [-0.3, -0.25) is 9.69 Å². The Bertz CT molecular complexity index is 948. The molecule has 1 aliphatic heterocycles. The first-order valence-corrected chi connectivity index (χ1v) is 12.3. The Hall–Kier alpha value is -1.83. The van der Waals surface area contributed by atoms with Gasteiger partial charge < -0.3 is 20.5 Å². The summed E-state index contributed by atoms with van der Waals surface area (Å²) in [7, 11) is 0. The molecule has 4 rings (SSSR count). The molecule has 1 heterocycles. The largest absolute Gasteiger partial charge is 0.485 e. The van der Waals surface area contributed by atoms with Crippen molar-refractivity contribution in [2.24, 2.45) is 0 Å². The molecule has 0 radical (unpaired) electrons.